The van der Waals surface area contributed by atoms with Gasteiger partial charge >= 0.3 is 0 Å². The Morgan fingerprint density at radius 2 is 2.31 bits per heavy atom. The van der Waals surface area contributed by atoms with Crippen LogP contribution in [0.15, 0.2) is 17.5 Å². The Labute approximate surface area is 108 Å². The predicted molar refractivity (Wildman–Crippen MR) is 71.6 cm³/mol. The second-order valence-corrected chi connectivity index (χ2v) is 6.26. The van der Waals surface area contributed by atoms with Crippen LogP contribution in [0, 0.1) is 6.92 Å². The van der Waals surface area contributed by atoms with E-state index in [1.165, 1.54) is 4.88 Å². The number of aryl methyl sites for hydroxylation is 1. The molecule has 0 atom stereocenters. The minimum Gasteiger partial charge on any atom is -0.310 e. The molecule has 86 valence electrons. The summed E-state index contributed by atoms with van der Waals surface area (Å²) >= 11 is 9.22. The van der Waals surface area contributed by atoms with Gasteiger partial charge in [-0.2, -0.15) is 0 Å². The van der Waals surface area contributed by atoms with Crippen LogP contribution in [0.5, 0.6) is 0 Å². The van der Waals surface area contributed by atoms with Crippen molar-refractivity contribution < 1.29 is 0 Å². The van der Waals surface area contributed by atoms with Crippen LogP contribution in [-0.4, -0.2) is 11.5 Å². The lowest BCUT2D eigenvalue weighted by atomic mass is 10.3. The van der Waals surface area contributed by atoms with E-state index >= 15 is 0 Å². The Hall–Kier alpha value is -0.420. The smallest absolute Gasteiger partial charge is 0.107 e. The molecule has 0 aliphatic rings. The number of hydrogen-bond acceptors (Lipinski definition) is 4. The van der Waals surface area contributed by atoms with Gasteiger partial charge in [-0.15, -0.1) is 22.7 Å². The maximum absolute atomic E-state index is 5.86. The number of aromatic nitrogens is 1. The Balaban J connectivity index is 1.69. The molecule has 2 nitrogen and oxygen atoms in total. The molecule has 0 bridgehead atoms. The van der Waals surface area contributed by atoms with E-state index < -0.39 is 0 Å². The Morgan fingerprint density at radius 1 is 1.44 bits per heavy atom. The van der Waals surface area contributed by atoms with Crippen LogP contribution in [-0.2, 0) is 13.0 Å². The van der Waals surface area contributed by atoms with Crippen molar-refractivity contribution in [2.75, 3.05) is 6.54 Å². The molecule has 0 aromatic carbocycles. The van der Waals surface area contributed by atoms with Crippen molar-refractivity contribution in [3.05, 3.63) is 37.4 Å². The maximum Gasteiger partial charge on any atom is 0.107 e. The van der Waals surface area contributed by atoms with Crippen LogP contribution >= 0.6 is 34.3 Å². The average Bonchev–Trinajstić information content (AvgIpc) is 2.83. The third-order valence-electron chi connectivity index (χ3n) is 2.12. The molecule has 0 unspecified atom stereocenters. The second-order valence-electron chi connectivity index (χ2n) is 3.52. The molecule has 2 aromatic heterocycles. The van der Waals surface area contributed by atoms with E-state index in [9.17, 15) is 0 Å². The molecule has 2 heterocycles. The van der Waals surface area contributed by atoms with Crippen molar-refractivity contribution in [3.8, 4) is 0 Å². The monoisotopic (exact) mass is 272 g/mol. The Bertz CT molecular complexity index is 408. The molecule has 2 aromatic rings. The fourth-order valence-corrected chi connectivity index (χ4v) is 3.21. The topological polar surface area (TPSA) is 24.9 Å². The third kappa shape index (κ3) is 3.56. The number of nitrogens with zero attached hydrogens (tertiary/aromatic N) is 1. The first kappa shape index (κ1) is 12.0. The summed E-state index contributed by atoms with van der Waals surface area (Å²) in [6.07, 6.45) is 1.03. The molecule has 0 radical (unpaired) electrons. The van der Waals surface area contributed by atoms with Gasteiger partial charge in [0.2, 0.25) is 0 Å². The van der Waals surface area contributed by atoms with E-state index in [0.717, 1.165) is 34.5 Å². The number of halogens is 1. The minimum atomic E-state index is 0.859. The molecule has 0 aliphatic heterocycles. The average molecular weight is 273 g/mol. The molecule has 0 saturated heterocycles. The lowest BCUT2D eigenvalue weighted by Crippen LogP contribution is -2.16. The molecular weight excluding hydrogens is 260 g/mol. The first-order valence-electron chi connectivity index (χ1n) is 5.10. The van der Waals surface area contributed by atoms with Crippen LogP contribution < -0.4 is 5.32 Å². The van der Waals surface area contributed by atoms with Crippen molar-refractivity contribution in [2.24, 2.45) is 0 Å². The summed E-state index contributed by atoms with van der Waals surface area (Å²) in [6.45, 7) is 3.85. The molecule has 2 rings (SSSR count). The highest BCUT2D eigenvalue weighted by molar-refractivity contribution is 7.16. The summed E-state index contributed by atoms with van der Waals surface area (Å²) in [4.78, 5) is 5.72. The van der Waals surface area contributed by atoms with Gasteiger partial charge in [-0.05, 0) is 25.5 Å². The van der Waals surface area contributed by atoms with Gasteiger partial charge in [0.15, 0.2) is 0 Å². The first-order valence-corrected chi connectivity index (χ1v) is 7.17. The number of thiophene rings is 1. The predicted octanol–water partition coefficient (Wildman–Crippen LogP) is 3.50. The summed E-state index contributed by atoms with van der Waals surface area (Å²) in [5.74, 6) is 0. The van der Waals surface area contributed by atoms with Crippen molar-refractivity contribution in [1.29, 1.82) is 0 Å². The van der Waals surface area contributed by atoms with Gasteiger partial charge in [-0.25, -0.2) is 4.98 Å². The molecule has 0 fully saturated rings. The molecule has 1 N–H and O–H groups in total. The molecular formula is C11H13ClN2S2. The zero-order chi connectivity index (χ0) is 11.4. The molecule has 0 amide bonds. The molecule has 0 saturated carbocycles. The summed E-state index contributed by atoms with van der Waals surface area (Å²) in [5, 5.41) is 6.62. The number of nitrogens with one attached hydrogen (secondary N) is 1. The fourth-order valence-electron chi connectivity index (χ4n) is 1.38. The van der Waals surface area contributed by atoms with Crippen molar-refractivity contribution >= 4 is 34.3 Å². The van der Waals surface area contributed by atoms with Crippen LogP contribution in [0.3, 0.4) is 0 Å². The Morgan fingerprint density at radius 3 is 2.94 bits per heavy atom. The van der Waals surface area contributed by atoms with E-state index in [0.29, 0.717) is 0 Å². The van der Waals surface area contributed by atoms with Crippen LogP contribution in [0.25, 0.3) is 0 Å². The van der Waals surface area contributed by atoms with Crippen LogP contribution in [0.4, 0.5) is 0 Å². The third-order valence-corrected chi connectivity index (χ3v) is 4.38. The zero-order valence-electron chi connectivity index (χ0n) is 9.00. The van der Waals surface area contributed by atoms with Crippen molar-refractivity contribution in [2.45, 2.75) is 19.9 Å². The minimum absolute atomic E-state index is 0.859. The van der Waals surface area contributed by atoms with Crippen LogP contribution in [0.2, 0.25) is 4.34 Å². The van der Waals surface area contributed by atoms with Gasteiger partial charge in [0.25, 0.3) is 0 Å². The number of rotatable bonds is 5. The molecule has 0 aliphatic carbocycles. The van der Waals surface area contributed by atoms with E-state index in [4.69, 9.17) is 11.6 Å². The lowest BCUT2D eigenvalue weighted by molar-refractivity contribution is 0.686. The lowest BCUT2D eigenvalue weighted by Gasteiger charge is -2.00. The SMILES string of the molecule is Cc1csc(CNCCc2ccc(Cl)s2)n1. The highest BCUT2D eigenvalue weighted by Gasteiger charge is 1.99. The molecule has 16 heavy (non-hydrogen) atoms. The molecule has 5 heteroatoms. The largest absolute Gasteiger partial charge is 0.310 e. The van der Waals surface area contributed by atoms with E-state index in [-0.39, 0.29) is 0 Å². The van der Waals surface area contributed by atoms with E-state index in [1.807, 2.05) is 13.0 Å². The Kier molecular flexibility index (Phi) is 4.35. The van der Waals surface area contributed by atoms with Crippen molar-refractivity contribution in [1.82, 2.24) is 10.3 Å². The van der Waals surface area contributed by atoms with Gasteiger partial charge in [-0.3, -0.25) is 0 Å². The normalized spacial score (nSPS) is 10.9. The van der Waals surface area contributed by atoms with Gasteiger partial charge in [0.05, 0.1) is 4.34 Å². The number of thiazole rings is 1. The quantitative estimate of drug-likeness (QED) is 0.843. The summed E-state index contributed by atoms with van der Waals surface area (Å²) in [7, 11) is 0. The van der Waals surface area contributed by atoms with Crippen molar-refractivity contribution in [3.63, 3.8) is 0 Å². The van der Waals surface area contributed by atoms with Gasteiger partial charge < -0.3 is 5.32 Å². The number of hydrogen-bond donors (Lipinski definition) is 1. The van der Waals surface area contributed by atoms with E-state index in [1.54, 1.807) is 22.7 Å². The standard InChI is InChI=1S/C11H13ClN2S2/c1-8-7-15-11(14-8)6-13-5-4-9-2-3-10(12)16-9/h2-3,7,13H,4-6H2,1H3. The fraction of sp³-hybridized carbons (Fsp3) is 0.364. The summed E-state index contributed by atoms with van der Waals surface area (Å²) in [5.41, 5.74) is 1.10. The zero-order valence-corrected chi connectivity index (χ0v) is 11.4. The van der Waals surface area contributed by atoms with Crippen LogP contribution in [0.1, 0.15) is 15.6 Å². The summed E-state index contributed by atoms with van der Waals surface area (Å²) < 4.78 is 0.866. The first-order chi connectivity index (χ1) is 7.74. The second kappa shape index (κ2) is 5.77. The summed E-state index contributed by atoms with van der Waals surface area (Å²) in [6, 6.07) is 4.04. The van der Waals surface area contributed by atoms with Gasteiger partial charge in [-0.1, -0.05) is 11.6 Å². The highest BCUT2D eigenvalue weighted by atomic mass is 35.5. The van der Waals surface area contributed by atoms with Gasteiger partial charge in [0, 0.05) is 29.0 Å². The van der Waals surface area contributed by atoms with E-state index in [2.05, 4.69) is 21.7 Å². The molecule has 0 spiro atoms. The highest BCUT2D eigenvalue weighted by Crippen LogP contribution is 2.21. The van der Waals surface area contributed by atoms with Gasteiger partial charge in [0.1, 0.15) is 5.01 Å². The maximum atomic E-state index is 5.86.